The van der Waals surface area contributed by atoms with Crippen molar-refractivity contribution in [3.8, 4) is 0 Å². The first-order valence-corrected chi connectivity index (χ1v) is 8.40. The molecule has 2 aromatic heterocycles. The summed E-state index contributed by atoms with van der Waals surface area (Å²) in [5.41, 5.74) is 2.42. The van der Waals surface area contributed by atoms with Crippen molar-refractivity contribution in [2.75, 3.05) is 5.32 Å². The van der Waals surface area contributed by atoms with Crippen LogP contribution in [0.5, 0.6) is 0 Å². The molecule has 0 unspecified atom stereocenters. The zero-order valence-electron chi connectivity index (χ0n) is 14.3. The number of amidine groups is 1. The molecule has 0 saturated heterocycles. The van der Waals surface area contributed by atoms with Gasteiger partial charge in [0, 0.05) is 11.9 Å². The molecule has 132 valence electrons. The molecule has 6 heteroatoms. The van der Waals surface area contributed by atoms with Gasteiger partial charge in [-0.2, -0.15) is 4.99 Å². The number of nitrogens with one attached hydrogen (secondary N) is 1. The average Bonchev–Trinajstić information content (AvgIpc) is 3.14. The number of imidazole rings is 1. The van der Waals surface area contributed by atoms with E-state index in [1.165, 1.54) is 6.20 Å². The second kappa shape index (κ2) is 7.53. The molecule has 0 aliphatic heterocycles. The highest BCUT2D eigenvalue weighted by Gasteiger charge is 2.16. The predicted molar refractivity (Wildman–Crippen MR) is 104 cm³/mol. The molecule has 0 radical (unpaired) electrons. The lowest BCUT2D eigenvalue weighted by Gasteiger charge is -2.10. The van der Waals surface area contributed by atoms with Gasteiger partial charge >= 0.3 is 12.0 Å². The molecule has 0 aliphatic rings. The number of benzene rings is 2. The van der Waals surface area contributed by atoms with E-state index in [-0.39, 0.29) is 6.02 Å². The molecule has 0 fully saturated rings. The van der Waals surface area contributed by atoms with E-state index in [0.29, 0.717) is 17.0 Å². The Bertz CT molecular complexity index is 1090. The smallest absolute Gasteiger partial charge is 0.364 e. The number of para-hydroxylation sites is 2. The Kier molecular flexibility index (Phi) is 4.61. The number of hydrogen-bond donors (Lipinski definition) is 1. The van der Waals surface area contributed by atoms with E-state index < -0.39 is 5.97 Å². The molecule has 4 rings (SSSR count). The van der Waals surface area contributed by atoms with Crippen molar-refractivity contribution < 1.29 is 9.53 Å². The number of carbonyl (C=O) groups is 1. The highest BCUT2D eigenvalue weighted by Crippen LogP contribution is 2.14. The van der Waals surface area contributed by atoms with Crippen LogP contribution in [0.1, 0.15) is 10.5 Å². The Balaban J connectivity index is 1.64. The predicted octanol–water partition coefficient (Wildman–Crippen LogP) is 4.29. The van der Waals surface area contributed by atoms with Gasteiger partial charge in [-0.05, 0) is 36.4 Å². The number of pyridine rings is 1. The van der Waals surface area contributed by atoms with Crippen molar-refractivity contribution in [3.63, 3.8) is 0 Å². The second-order valence-electron chi connectivity index (χ2n) is 5.71. The van der Waals surface area contributed by atoms with Crippen molar-refractivity contribution in [1.29, 1.82) is 0 Å². The summed E-state index contributed by atoms with van der Waals surface area (Å²) in [4.78, 5) is 21.3. The SMILES string of the molecule is O=C(OC(=Nc1ccccc1)Nc1ccccc1)c1cnc2ccccn12. The summed E-state index contributed by atoms with van der Waals surface area (Å²) in [7, 11) is 0. The minimum atomic E-state index is -0.549. The number of fused-ring (bicyclic) bond motifs is 1. The molecule has 0 spiro atoms. The van der Waals surface area contributed by atoms with Crippen LogP contribution in [-0.2, 0) is 4.74 Å². The third-order valence-corrected chi connectivity index (χ3v) is 3.83. The summed E-state index contributed by atoms with van der Waals surface area (Å²) >= 11 is 0. The number of esters is 1. The van der Waals surface area contributed by atoms with Gasteiger partial charge in [0.2, 0.25) is 0 Å². The molecular weight excluding hydrogens is 340 g/mol. The quantitative estimate of drug-likeness (QED) is 0.338. The fraction of sp³-hybridized carbons (Fsp3) is 0. The summed E-state index contributed by atoms with van der Waals surface area (Å²) in [5.74, 6) is -0.549. The number of aliphatic imine (C=N–C) groups is 1. The molecule has 0 bridgehead atoms. The van der Waals surface area contributed by atoms with Crippen LogP contribution in [0.3, 0.4) is 0 Å². The highest BCUT2D eigenvalue weighted by molar-refractivity contribution is 6.02. The van der Waals surface area contributed by atoms with Gasteiger partial charge in [-0.3, -0.25) is 4.40 Å². The van der Waals surface area contributed by atoms with Gasteiger partial charge in [-0.15, -0.1) is 0 Å². The maximum Gasteiger partial charge on any atom is 0.364 e. The number of anilines is 1. The van der Waals surface area contributed by atoms with Crippen LogP contribution in [0.15, 0.2) is 96.2 Å². The first-order chi connectivity index (χ1) is 13.3. The molecule has 2 aromatic carbocycles. The fourth-order valence-corrected chi connectivity index (χ4v) is 2.56. The summed E-state index contributed by atoms with van der Waals surface area (Å²) in [6, 6.07) is 24.3. The Hall–Kier alpha value is -3.93. The lowest BCUT2D eigenvalue weighted by atomic mass is 10.3. The number of aromatic nitrogens is 2. The molecule has 0 aliphatic carbocycles. The van der Waals surface area contributed by atoms with Crippen molar-refractivity contribution in [2.45, 2.75) is 0 Å². The van der Waals surface area contributed by atoms with Gasteiger partial charge in [0.15, 0.2) is 5.69 Å². The molecule has 0 amide bonds. The van der Waals surface area contributed by atoms with E-state index >= 15 is 0 Å². The van der Waals surface area contributed by atoms with Crippen LogP contribution in [-0.4, -0.2) is 21.4 Å². The van der Waals surface area contributed by atoms with Crippen LogP contribution < -0.4 is 5.32 Å². The highest BCUT2D eigenvalue weighted by atomic mass is 16.6. The Morgan fingerprint density at radius 1 is 0.926 bits per heavy atom. The van der Waals surface area contributed by atoms with Crippen molar-refractivity contribution in [1.82, 2.24) is 9.38 Å². The number of carbonyl (C=O) groups excluding carboxylic acids is 1. The largest absolute Gasteiger partial charge is 0.387 e. The summed E-state index contributed by atoms with van der Waals surface area (Å²) < 4.78 is 7.22. The lowest BCUT2D eigenvalue weighted by molar-refractivity contribution is 0.0709. The minimum Gasteiger partial charge on any atom is -0.387 e. The standard InChI is InChI=1S/C21H16N4O2/c26-20(18-15-22-19-13-7-8-14-25(18)19)27-21(23-16-9-3-1-4-10-16)24-17-11-5-2-6-12-17/h1-15H,(H,23,24). The van der Waals surface area contributed by atoms with Gasteiger partial charge < -0.3 is 10.1 Å². The van der Waals surface area contributed by atoms with E-state index in [1.807, 2.05) is 78.9 Å². The maximum absolute atomic E-state index is 12.7. The fourth-order valence-electron chi connectivity index (χ4n) is 2.56. The average molecular weight is 356 g/mol. The van der Waals surface area contributed by atoms with Crippen LogP contribution in [0, 0.1) is 0 Å². The molecule has 0 atom stereocenters. The molecule has 0 saturated carbocycles. The van der Waals surface area contributed by atoms with Crippen molar-refractivity contribution >= 4 is 29.0 Å². The third kappa shape index (κ3) is 3.85. The molecule has 27 heavy (non-hydrogen) atoms. The Morgan fingerprint density at radius 3 is 2.41 bits per heavy atom. The van der Waals surface area contributed by atoms with Gasteiger partial charge in [0.25, 0.3) is 0 Å². The van der Waals surface area contributed by atoms with Crippen LogP contribution in [0.25, 0.3) is 5.65 Å². The molecule has 1 N–H and O–H groups in total. The first kappa shape index (κ1) is 16.5. The van der Waals surface area contributed by atoms with Gasteiger partial charge in [-0.1, -0.05) is 42.5 Å². The van der Waals surface area contributed by atoms with Crippen LogP contribution >= 0.6 is 0 Å². The number of nitrogens with zero attached hydrogens (tertiary/aromatic N) is 3. The normalized spacial score (nSPS) is 11.3. The van der Waals surface area contributed by atoms with E-state index in [9.17, 15) is 4.79 Å². The first-order valence-electron chi connectivity index (χ1n) is 8.40. The molecule has 6 nitrogen and oxygen atoms in total. The van der Waals surface area contributed by atoms with E-state index in [1.54, 1.807) is 10.6 Å². The summed E-state index contributed by atoms with van der Waals surface area (Å²) in [6.45, 7) is 0. The molecule has 4 aromatic rings. The van der Waals surface area contributed by atoms with E-state index in [2.05, 4.69) is 15.3 Å². The number of rotatable bonds is 3. The van der Waals surface area contributed by atoms with Gasteiger partial charge in [-0.25, -0.2) is 9.78 Å². The van der Waals surface area contributed by atoms with Gasteiger partial charge in [0.1, 0.15) is 5.65 Å². The Morgan fingerprint density at radius 2 is 1.63 bits per heavy atom. The monoisotopic (exact) mass is 356 g/mol. The minimum absolute atomic E-state index is 0.0864. The molecular formula is C21H16N4O2. The van der Waals surface area contributed by atoms with Gasteiger partial charge in [0.05, 0.1) is 11.9 Å². The zero-order valence-corrected chi connectivity index (χ0v) is 14.3. The van der Waals surface area contributed by atoms with E-state index in [4.69, 9.17) is 4.74 Å². The topological polar surface area (TPSA) is 68.0 Å². The second-order valence-corrected chi connectivity index (χ2v) is 5.71. The van der Waals surface area contributed by atoms with Crippen LogP contribution in [0.4, 0.5) is 11.4 Å². The number of ether oxygens (including phenoxy) is 1. The Labute approximate surface area is 155 Å². The summed E-state index contributed by atoms with van der Waals surface area (Å²) in [6.07, 6.45) is 3.25. The molecule has 2 heterocycles. The number of hydrogen-bond acceptors (Lipinski definition) is 4. The van der Waals surface area contributed by atoms with Crippen LogP contribution in [0.2, 0.25) is 0 Å². The third-order valence-electron chi connectivity index (χ3n) is 3.83. The van der Waals surface area contributed by atoms with Crippen molar-refractivity contribution in [2.24, 2.45) is 4.99 Å². The van der Waals surface area contributed by atoms with Crippen molar-refractivity contribution in [3.05, 3.63) is 97.0 Å². The lowest BCUT2D eigenvalue weighted by Crippen LogP contribution is -2.21. The zero-order chi connectivity index (χ0) is 18.5. The maximum atomic E-state index is 12.7. The summed E-state index contributed by atoms with van der Waals surface area (Å²) in [5, 5.41) is 3.05. The van der Waals surface area contributed by atoms with E-state index in [0.717, 1.165) is 5.69 Å².